The molecule has 2 aromatic rings. The largest absolute Gasteiger partial charge is 0.497 e. The second kappa shape index (κ2) is 8.51. The Morgan fingerprint density at radius 2 is 1.96 bits per heavy atom. The molecule has 5 heteroatoms. The van der Waals surface area contributed by atoms with Gasteiger partial charge in [0, 0.05) is 24.5 Å². The van der Waals surface area contributed by atoms with Gasteiger partial charge in [-0.1, -0.05) is 25.0 Å². The summed E-state index contributed by atoms with van der Waals surface area (Å²) in [5, 5.41) is 6.43. The van der Waals surface area contributed by atoms with E-state index >= 15 is 0 Å². The van der Waals surface area contributed by atoms with Crippen LogP contribution in [0, 0.1) is 0 Å². The van der Waals surface area contributed by atoms with Crippen molar-refractivity contribution in [3.63, 3.8) is 0 Å². The van der Waals surface area contributed by atoms with E-state index in [9.17, 15) is 4.79 Å². The molecule has 1 aliphatic rings. The van der Waals surface area contributed by atoms with E-state index in [4.69, 9.17) is 4.74 Å². The number of benzene rings is 1. The topological polar surface area (TPSA) is 63.2 Å². The van der Waals surface area contributed by atoms with Crippen LogP contribution < -0.4 is 15.4 Å². The van der Waals surface area contributed by atoms with E-state index < -0.39 is 0 Å². The molecule has 0 aliphatic heterocycles. The highest BCUT2D eigenvalue weighted by Crippen LogP contribution is 2.22. The molecule has 1 saturated carbocycles. The van der Waals surface area contributed by atoms with Gasteiger partial charge in [0.25, 0.3) is 5.91 Å². The second-order valence-electron chi connectivity index (χ2n) is 6.41. The van der Waals surface area contributed by atoms with Gasteiger partial charge in [0.05, 0.1) is 7.11 Å². The fourth-order valence-electron chi connectivity index (χ4n) is 3.15. The van der Waals surface area contributed by atoms with Crippen molar-refractivity contribution in [1.82, 2.24) is 10.3 Å². The summed E-state index contributed by atoms with van der Waals surface area (Å²) in [7, 11) is 1.65. The maximum atomic E-state index is 12.3. The maximum absolute atomic E-state index is 12.3. The Morgan fingerprint density at radius 1 is 1.20 bits per heavy atom. The molecule has 1 fully saturated rings. The van der Waals surface area contributed by atoms with Gasteiger partial charge in [0.15, 0.2) is 0 Å². The van der Waals surface area contributed by atoms with Crippen LogP contribution in [0.1, 0.15) is 41.7 Å². The number of ether oxygens (including phenoxy) is 1. The SMILES string of the molecule is COc1ccc(CCNC(=O)c2cc(NC3CCCC3)ccn2)cc1. The number of carbonyl (C=O) groups is 1. The van der Waals surface area contributed by atoms with Gasteiger partial charge in [-0.3, -0.25) is 9.78 Å². The summed E-state index contributed by atoms with van der Waals surface area (Å²) in [5.41, 5.74) is 2.59. The van der Waals surface area contributed by atoms with Gasteiger partial charge < -0.3 is 15.4 Å². The van der Waals surface area contributed by atoms with Crippen molar-refractivity contribution >= 4 is 11.6 Å². The molecule has 1 aromatic carbocycles. The molecule has 0 atom stereocenters. The Kier molecular flexibility index (Phi) is 5.88. The number of nitrogens with one attached hydrogen (secondary N) is 2. The number of pyridine rings is 1. The molecule has 0 radical (unpaired) electrons. The lowest BCUT2D eigenvalue weighted by atomic mass is 10.1. The molecule has 0 unspecified atom stereocenters. The molecular formula is C20H25N3O2. The third kappa shape index (κ3) is 4.95. The highest BCUT2D eigenvalue weighted by molar-refractivity contribution is 5.93. The van der Waals surface area contributed by atoms with Crippen molar-refractivity contribution in [3.8, 4) is 5.75 Å². The Hall–Kier alpha value is -2.56. The maximum Gasteiger partial charge on any atom is 0.269 e. The third-order valence-corrected chi connectivity index (χ3v) is 4.58. The van der Waals surface area contributed by atoms with Gasteiger partial charge in [0.1, 0.15) is 11.4 Å². The average Bonchev–Trinajstić information content (AvgIpc) is 3.15. The van der Waals surface area contributed by atoms with Crippen molar-refractivity contribution in [3.05, 3.63) is 53.9 Å². The molecule has 25 heavy (non-hydrogen) atoms. The number of amides is 1. The summed E-state index contributed by atoms with van der Waals surface area (Å²) in [4.78, 5) is 16.5. The number of hydrogen-bond acceptors (Lipinski definition) is 4. The van der Waals surface area contributed by atoms with E-state index in [1.54, 1.807) is 13.3 Å². The van der Waals surface area contributed by atoms with Gasteiger partial charge in [-0.2, -0.15) is 0 Å². The zero-order chi connectivity index (χ0) is 17.5. The van der Waals surface area contributed by atoms with E-state index in [1.807, 2.05) is 36.4 Å². The van der Waals surface area contributed by atoms with Gasteiger partial charge in [-0.15, -0.1) is 0 Å². The van der Waals surface area contributed by atoms with Crippen LogP contribution in [-0.2, 0) is 6.42 Å². The summed E-state index contributed by atoms with van der Waals surface area (Å²) in [6.45, 7) is 0.577. The van der Waals surface area contributed by atoms with Crippen molar-refractivity contribution in [2.75, 3.05) is 19.0 Å². The summed E-state index contributed by atoms with van der Waals surface area (Å²) in [6.07, 6.45) is 7.42. The third-order valence-electron chi connectivity index (χ3n) is 4.58. The van der Waals surface area contributed by atoms with Crippen molar-refractivity contribution in [1.29, 1.82) is 0 Å². The minimum Gasteiger partial charge on any atom is -0.497 e. The molecule has 1 heterocycles. The van der Waals surface area contributed by atoms with E-state index in [2.05, 4.69) is 15.6 Å². The highest BCUT2D eigenvalue weighted by atomic mass is 16.5. The van der Waals surface area contributed by atoms with Crippen LogP contribution >= 0.6 is 0 Å². The molecule has 0 bridgehead atoms. The Morgan fingerprint density at radius 3 is 2.68 bits per heavy atom. The van der Waals surface area contributed by atoms with Crippen LogP contribution in [0.3, 0.4) is 0 Å². The number of nitrogens with zero attached hydrogens (tertiary/aromatic N) is 1. The first-order chi connectivity index (χ1) is 12.2. The first-order valence-electron chi connectivity index (χ1n) is 8.88. The molecular weight excluding hydrogens is 314 g/mol. The number of methoxy groups -OCH3 is 1. The molecule has 1 amide bonds. The Balaban J connectivity index is 1.50. The van der Waals surface area contributed by atoms with E-state index in [-0.39, 0.29) is 5.91 Å². The van der Waals surface area contributed by atoms with Crippen LogP contribution in [0.25, 0.3) is 0 Å². The van der Waals surface area contributed by atoms with E-state index in [1.165, 1.54) is 25.7 Å². The van der Waals surface area contributed by atoms with Crippen LogP contribution in [-0.4, -0.2) is 30.6 Å². The Labute approximate surface area is 148 Å². The summed E-state index contributed by atoms with van der Waals surface area (Å²) in [6, 6.07) is 12.2. The number of anilines is 1. The lowest BCUT2D eigenvalue weighted by Crippen LogP contribution is -2.26. The van der Waals surface area contributed by atoms with Crippen molar-refractivity contribution in [2.24, 2.45) is 0 Å². The molecule has 0 saturated heterocycles. The molecule has 132 valence electrons. The van der Waals surface area contributed by atoms with Gasteiger partial charge in [-0.05, 0) is 49.1 Å². The van der Waals surface area contributed by atoms with Crippen LogP contribution in [0.2, 0.25) is 0 Å². The van der Waals surface area contributed by atoms with Gasteiger partial charge >= 0.3 is 0 Å². The molecule has 1 aliphatic carbocycles. The lowest BCUT2D eigenvalue weighted by Gasteiger charge is -2.14. The summed E-state index contributed by atoms with van der Waals surface area (Å²) >= 11 is 0. The minimum absolute atomic E-state index is 0.136. The molecule has 5 nitrogen and oxygen atoms in total. The van der Waals surface area contributed by atoms with Crippen LogP contribution in [0.15, 0.2) is 42.6 Å². The van der Waals surface area contributed by atoms with Gasteiger partial charge in [-0.25, -0.2) is 0 Å². The zero-order valence-corrected chi connectivity index (χ0v) is 14.6. The fraction of sp³-hybridized carbons (Fsp3) is 0.400. The average molecular weight is 339 g/mol. The number of rotatable bonds is 7. The molecule has 0 spiro atoms. The zero-order valence-electron chi connectivity index (χ0n) is 14.6. The van der Waals surface area contributed by atoms with E-state index in [0.717, 1.165) is 23.4 Å². The van der Waals surface area contributed by atoms with E-state index in [0.29, 0.717) is 18.3 Å². The van der Waals surface area contributed by atoms with Crippen molar-refractivity contribution in [2.45, 2.75) is 38.1 Å². The first kappa shape index (κ1) is 17.3. The fourth-order valence-corrected chi connectivity index (χ4v) is 3.15. The number of aromatic nitrogens is 1. The monoisotopic (exact) mass is 339 g/mol. The summed E-state index contributed by atoms with van der Waals surface area (Å²) in [5.74, 6) is 0.701. The first-order valence-corrected chi connectivity index (χ1v) is 8.88. The van der Waals surface area contributed by atoms with Crippen LogP contribution in [0.4, 0.5) is 5.69 Å². The lowest BCUT2D eigenvalue weighted by molar-refractivity contribution is 0.0949. The predicted octanol–water partition coefficient (Wildman–Crippen LogP) is 3.42. The van der Waals surface area contributed by atoms with Crippen molar-refractivity contribution < 1.29 is 9.53 Å². The quantitative estimate of drug-likeness (QED) is 0.811. The highest BCUT2D eigenvalue weighted by Gasteiger charge is 2.15. The number of carbonyl (C=O) groups excluding carboxylic acids is 1. The summed E-state index contributed by atoms with van der Waals surface area (Å²) < 4.78 is 5.14. The Bertz CT molecular complexity index is 694. The van der Waals surface area contributed by atoms with Gasteiger partial charge in [0.2, 0.25) is 0 Å². The molecule has 1 aromatic heterocycles. The minimum atomic E-state index is -0.136. The predicted molar refractivity (Wildman–Crippen MR) is 99.1 cm³/mol. The normalized spacial score (nSPS) is 14.3. The molecule has 3 rings (SSSR count). The molecule has 2 N–H and O–H groups in total. The second-order valence-corrected chi connectivity index (χ2v) is 6.41. The van der Waals surface area contributed by atoms with Crippen LogP contribution in [0.5, 0.6) is 5.75 Å². The smallest absolute Gasteiger partial charge is 0.269 e. The standard InChI is InChI=1S/C20H25N3O2/c1-25-18-8-6-15(7-9-18)10-12-22-20(24)19-14-17(11-13-21-19)23-16-4-2-3-5-16/h6-9,11,13-14,16H,2-5,10,12H2,1H3,(H,21,23)(H,22,24). The number of hydrogen-bond donors (Lipinski definition) is 2.